The van der Waals surface area contributed by atoms with Crippen LogP contribution in [0.15, 0.2) is 24.3 Å². The number of hydrogen-bond acceptors (Lipinski definition) is 3. The number of amides is 1. The van der Waals surface area contributed by atoms with E-state index in [0.29, 0.717) is 13.1 Å². The van der Waals surface area contributed by atoms with E-state index in [4.69, 9.17) is 0 Å². The summed E-state index contributed by atoms with van der Waals surface area (Å²) in [7, 11) is 0. The van der Waals surface area contributed by atoms with Gasteiger partial charge in [0, 0.05) is 24.3 Å². The Balaban J connectivity index is 2.15. The van der Waals surface area contributed by atoms with E-state index in [1.807, 2.05) is 27.7 Å². The summed E-state index contributed by atoms with van der Waals surface area (Å²) >= 11 is 0. The molecule has 5 nitrogen and oxygen atoms in total. The first kappa shape index (κ1) is 17.1. The van der Waals surface area contributed by atoms with Gasteiger partial charge in [0.1, 0.15) is 5.82 Å². The van der Waals surface area contributed by atoms with E-state index < -0.39 is 0 Å². The van der Waals surface area contributed by atoms with Crippen LogP contribution in [0, 0.1) is 19.7 Å². The molecule has 1 aromatic heterocycles. The lowest BCUT2D eigenvalue weighted by atomic mass is 10.2. The second kappa shape index (κ2) is 7.37. The number of halogens is 1. The zero-order valence-electron chi connectivity index (χ0n) is 14.0. The molecule has 6 heteroatoms. The minimum atomic E-state index is -0.275. The number of likely N-dealkylation sites (N-methyl/N-ethyl adjacent to an activating group) is 1. The van der Waals surface area contributed by atoms with Crippen molar-refractivity contribution in [2.75, 3.05) is 6.54 Å². The fourth-order valence-electron chi connectivity index (χ4n) is 2.44. The molecule has 23 heavy (non-hydrogen) atoms. The van der Waals surface area contributed by atoms with Crippen LogP contribution >= 0.6 is 0 Å². The number of rotatable bonds is 6. The molecule has 1 amide bonds. The first-order valence-electron chi connectivity index (χ1n) is 7.76. The molecule has 1 aromatic carbocycles. The Kier molecular flexibility index (Phi) is 5.50. The predicted molar refractivity (Wildman–Crippen MR) is 88.0 cm³/mol. The second-order valence-corrected chi connectivity index (χ2v) is 5.53. The average molecular weight is 318 g/mol. The highest BCUT2D eigenvalue weighted by molar-refractivity contribution is 5.81. The third kappa shape index (κ3) is 3.96. The van der Waals surface area contributed by atoms with Gasteiger partial charge in [0.25, 0.3) is 0 Å². The number of carbonyl (C=O) groups excluding carboxylic acids is 1. The minimum absolute atomic E-state index is 0.0197. The molecule has 0 unspecified atom stereocenters. The summed E-state index contributed by atoms with van der Waals surface area (Å²) in [6.07, 6.45) is 0. The van der Waals surface area contributed by atoms with Crippen LogP contribution in [-0.2, 0) is 11.3 Å². The molecular weight excluding hydrogens is 295 g/mol. The minimum Gasteiger partial charge on any atom is -0.355 e. The number of nitrogens with one attached hydrogen (secondary N) is 2. The van der Waals surface area contributed by atoms with E-state index in [-0.39, 0.29) is 17.8 Å². The highest BCUT2D eigenvalue weighted by atomic mass is 19.1. The third-order valence-corrected chi connectivity index (χ3v) is 3.84. The first-order chi connectivity index (χ1) is 10.9. The van der Waals surface area contributed by atoms with Crippen LogP contribution in [0.3, 0.4) is 0 Å². The largest absolute Gasteiger partial charge is 0.355 e. The van der Waals surface area contributed by atoms with Crippen LogP contribution in [0.25, 0.3) is 5.69 Å². The van der Waals surface area contributed by atoms with Crippen molar-refractivity contribution < 1.29 is 9.18 Å². The Morgan fingerprint density at radius 3 is 2.57 bits per heavy atom. The lowest BCUT2D eigenvalue weighted by Gasteiger charge is -2.13. The maximum absolute atomic E-state index is 13.1. The summed E-state index contributed by atoms with van der Waals surface area (Å²) in [5.74, 6) is -0.290. The van der Waals surface area contributed by atoms with Crippen molar-refractivity contribution in [2.24, 2.45) is 0 Å². The molecule has 0 aliphatic carbocycles. The van der Waals surface area contributed by atoms with E-state index in [1.165, 1.54) is 12.1 Å². The van der Waals surface area contributed by atoms with E-state index in [2.05, 4.69) is 15.7 Å². The fraction of sp³-hybridized carbons (Fsp3) is 0.412. The smallest absolute Gasteiger partial charge is 0.236 e. The van der Waals surface area contributed by atoms with Crippen molar-refractivity contribution in [3.8, 4) is 5.69 Å². The molecule has 1 heterocycles. The molecule has 0 bridgehead atoms. The predicted octanol–water partition coefficient (Wildman–Crippen LogP) is 2.24. The monoisotopic (exact) mass is 318 g/mol. The van der Waals surface area contributed by atoms with Gasteiger partial charge >= 0.3 is 0 Å². The topological polar surface area (TPSA) is 59.0 Å². The summed E-state index contributed by atoms with van der Waals surface area (Å²) in [5.41, 5.74) is 3.73. The van der Waals surface area contributed by atoms with Crippen LogP contribution in [0.2, 0.25) is 0 Å². The Morgan fingerprint density at radius 2 is 1.96 bits per heavy atom. The second-order valence-electron chi connectivity index (χ2n) is 5.53. The molecule has 0 saturated heterocycles. The van der Waals surface area contributed by atoms with Crippen molar-refractivity contribution in [3.05, 3.63) is 47.0 Å². The zero-order chi connectivity index (χ0) is 17.0. The first-order valence-corrected chi connectivity index (χ1v) is 7.76. The normalized spacial score (nSPS) is 12.2. The lowest BCUT2D eigenvalue weighted by molar-refractivity contribution is -0.122. The van der Waals surface area contributed by atoms with Crippen LogP contribution in [0.4, 0.5) is 4.39 Å². The molecule has 0 aliphatic rings. The Labute approximate surface area is 135 Å². The van der Waals surface area contributed by atoms with Crippen LogP contribution < -0.4 is 10.6 Å². The van der Waals surface area contributed by atoms with Crippen molar-refractivity contribution in [2.45, 2.75) is 40.3 Å². The van der Waals surface area contributed by atoms with Gasteiger partial charge in [-0.1, -0.05) is 0 Å². The Morgan fingerprint density at radius 1 is 1.30 bits per heavy atom. The molecule has 2 aromatic rings. The quantitative estimate of drug-likeness (QED) is 0.859. The van der Waals surface area contributed by atoms with Gasteiger partial charge in [0.05, 0.1) is 17.4 Å². The Hall–Kier alpha value is -2.21. The fourth-order valence-corrected chi connectivity index (χ4v) is 2.44. The van der Waals surface area contributed by atoms with Gasteiger partial charge in [-0.2, -0.15) is 5.10 Å². The zero-order valence-corrected chi connectivity index (χ0v) is 14.0. The lowest BCUT2D eigenvalue weighted by Crippen LogP contribution is -2.41. The Bertz CT molecular complexity index is 679. The van der Waals surface area contributed by atoms with Gasteiger partial charge in [-0.05, 0) is 52.0 Å². The van der Waals surface area contributed by atoms with Crippen LogP contribution in [0.5, 0.6) is 0 Å². The average Bonchev–Trinajstić information content (AvgIpc) is 2.80. The van der Waals surface area contributed by atoms with Gasteiger partial charge in [0.2, 0.25) is 5.91 Å². The van der Waals surface area contributed by atoms with Crippen LogP contribution in [0.1, 0.15) is 30.8 Å². The van der Waals surface area contributed by atoms with E-state index in [0.717, 1.165) is 22.6 Å². The van der Waals surface area contributed by atoms with Gasteiger partial charge in [0.15, 0.2) is 0 Å². The van der Waals surface area contributed by atoms with Crippen molar-refractivity contribution >= 4 is 5.91 Å². The number of aromatic nitrogens is 2. The highest BCUT2D eigenvalue weighted by Gasteiger charge is 2.16. The van der Waals surface area contributed by atoms with Crippen molar-refractivity contribution in [1.82, 2.24) is 20.4 Å². The van der Waals surface area contributed by atoms with Crippen molar-refractivity contribution in [1.29, 1.82) is 0 Å². The molecule has 2 N–H and O–H groups in total. The number of aryl methyl sites for hydroxylation is 1. The molecule has 0 radical (unpaired) electrons. The number of benzene rings is 1. The summed E-state index contributed by atoms with van der Waals surface area (Å²) < 4.78 is 14.9. The van der Waals surface area contributed by atoms with Crippen LogP contribution in [-0.4, -0.2) is 28.3 Å². The van der Waals surface area contributed by atoms with E-state index in [9.17, 15) is 9.18 Å². The standard InChI is InChI=1S/C17H23FN4O/c1-5-19-17(23)12(3)20-10-16-11(2)21-22(13(16)4)15-8-6-14(18)7-9-15/h6-9,12,20H,5,10H2,1-4H3,(H,19,23)/t12-/m0/s1. The molecule has 124 valence electrons. The maximum Gasteiger partial charge on any atom is 0.236 e. The number of carbonyl (C=O) groups is 1. The third-order valence-electron chi connectivity index (χ3n) is 3.84. The van der Waals surface area contributed by atoms with Gasteiger partial charge < -0.3 is 10.6 Å². The molecule has 0 spiro atoms. The summed E-state index contributed by atoms with van der Waals surface area (Å²) in [6.45, 7) is 8.80. The van der Waals surface area contributed by atoms with Gasteiger partial charge in [-0.25, -0.2) is 9.07 Å². The van der Waals surface area contributed by atoms with Gasteiger partial charge in [-0.15, -0.1) is 0 Å². The van der Waals surface area contributed by atoms with E-state index >= 15 is 0 Å². The molecular formula is C17H23FN4O. The molecule has 0 aliphatic heterocycles. The molecule has 0 saturated carbocycles. The van der Waals surface area contributed by atoms with E-state index in [1.54, 1.807) is 16.8 Å². The van der Waals surface area contributed by atoms with Gasteiger partial charge in [-0.3, -0.25) is 4.79 Å². The van der Waals surface area contributed by atoms with Crippen molar-refractivity contribution in [3.63, 3.8) is 0 Å². The highest BCUT2D eigenvalue weighted by Crippen LogP contribution is 2.18. The summed E-state index contributed by atoms with van der Waals surface area (Å²) in [6, 6.07) is 5.96. The summed E-state index contributed by atoms with van der Waals surface area (Å²) in [5, 5.41) is 10.5. The maximum atomic E-state index is 13.1. The molecule has 0 fully saturated rings. The SMILES string of the molecule is CCNC(=O)[C@H](C)NCc1c(C)nn(-c2ccc(F)cc2)c1C. The molecule has 2 rings (SSSR count). The number of nitrogens with zero attached hydrogens (tertiary/aromatic N) is 2. The number of hydrogen-bond donors (Lipinski definition) is 2. The molecule has 1 atom stereocenters. The summed E-state index contributed by atoms with van der Waals surface area (Å²) in [4.78, 5) is 11.8.